The second-order valence-electron chi connectivity index (χ2n) is 5.10. The highest BCUT2D eigenvalue weighted by molar-refractivity contribution is 6.42. The van der Waals surface area contributed by atoms with Crippen LogP contribution >= 0.6 is 23.2 Å². The van der Waals surface area contributed by atoms with Gasteiger partial charge in [-0.05, 0) is 37.6 Å². The standard InChI is InChI=1S/C16H26Cl2N2/c1-5-16(6-2,20(7-3)8-4)15(19)12-10-9-11-13(17)14(12)18/h9-11,15H,5-8,19H2,1-4H3. The molecule has 114 valence electrons. The third kappa shape index (κ3) is 3.14. The van der Waals surface area contributed by atoms with Crippen LogP contribution in [0.2, 0.25) is 10.0 Å². The van der Waals surface area contributed by atoms with Crippen LogP contribution in [0.3, 0.4) is 0 Å². The Morgan fingerprint density at radius 3 is 2.10 bits per heavy atom. The van der Waals surface area contributed by atoms with E-state index in [4.69, 9.17) is 28.9 Å². The lowest BCUT2D eigenvalue weighted by Crippen LogP contribution is -2.54. The number of benzene rings is 1. The molecule has 0 spiro atoms. The van der Waals surface area contributed by atoms with E-state index >= 15 is 0 Å². The molecule has 20 heavy (non-hydrogen) atoms. The first kappa shape index (κ1) is 17.8. The van der Waals surface area contributed by atoms with Crippen molar-refractivity contribution in [1.29, 1.82) is 0 Å². The molecule has 0 aliphatic carbocycles. The molecule has 0 aliphatic heterocycles. The van der Waals surface area contributed by atoms with Gasteiger partial charge in [-0.3, -0.25) is 4.90 Å². The molecule has 4 heteroatoms. The van der Waals surface area contributed by atoms with Crippen LogP contribution in [0.1, 0.15) is 52.1 Å². The Labute approximate surface area is 133 Å². The Hall–Kier alpha value is -0.280. The van der Waals surface area contributed by atoms with Crippen LogP contribution in [-0.4, -0.2) is 23.5 Å². The highest BCUT2D eigenvalue weighted by Gasteiger charge is 2.39. The second kappa shape index (κ2) is 7.65. The van der Waals surface area contributed by atoms with E-state index in [-0.39, 0.29) is 11.6 Å². The maximum atomic E-state index is 6.63. The SMILES string of the molecule is CCN(CC)C(CC)(CC)C(N)c1cccc(Cl)c1Cl. The minimum Gasteiger partial charge on any atom is -0.322 e. The summed E-state index contributed by atoms with van der Waals surface area (Å²) in [5.74, 6) is 0. The molecule has 0 heterocycles. The molecule has 0 saturated heterocycles. The van der Waals surface area contributed by atoms with Crippen LogP contribution in [0, 0.1) is 0 Å². The maximum Gasteiger partial charge on any atom is 0.0640 e. The van der Waals surface area contributed by atoms with Crippen molar-refractivity contribution in [2.75, 3.05) is 13.1 Å². The summed E-state index contributed by atoms with van der Waals surface area (Å²) < 4.78 is 0. The first-order valence-electron chi connectivity index (χ1n) is 7.42. The van der Waals surface area contributed by atoms with E-state index in [9.17, 15) is 0 Å². The van der Waals surface area contributed by atoms with E-state index in [1.807, 2.05) is 12.1 Å². The molecule has 1 aromatic rings. The summed E-state index contributed by atoms with van der Waals surface area (Å²) in [5, 5.41) is 1.15. The fourth-order valence-electron chi connectivity index (χ4n) is 3.24. The van der Waals surface area contributed by atoms with E-state index < -0.39 is 0 Å². The zero-order chi connectivity index (χ0) is 15.3. The molecule has 0 bridgehead atoms. The van der Waals surface area contributed by atoms with Crippen molar-refractivity contribution in [3.05, 3.63) is 33.8 Å². The summed E-state index contributed by atoms with van der Waals surface area (Å²) in [5.41, 5.74) is 7.49. The van der Waals surface area contributed by atoms with Gasteiger partial charge in [0.2, 0.25) is 0 Å². The van der Waals surface area contributed by atoms with Crippen LogP contribution in [0.5, 0.6) is 0 Å². The fourth-order valence-corrected chi connectivity index (χ4v) is 3.66. The van der Waals surface area contributed by atoms with Crippen molar-refractivity contribution in [2.45, 2.75) is 52.1 Å². The molecule has 1 rings (SSSR count). The predicted octanol–water partition coefficient (Wildman–Crippen LogP) is 4.89. The van der Waals surface area contributed by atoms with Crippen LogP contribution in [-0.2, 0) is 0 Å². The number of nitrogens with two attached hydrogens (primary N) is 1. The van der Waals surface area contributed by atoms with Gasteiger partial charge >= 0.3 is 0 Å². The smallest absolute Gasteiger partial charge is 0.0640 e. The molecule has 0 aromatic heterocycles. The summed E-state index contributed by atoms with van der Waals surface area (Å²) in [6, 6.07) is 5.56. The average molecular weight is 317 g/mol. The number of hydrogen-bond donors (Lipinski definition) is 1. The number of halogens is 2. The minimum absolute atomic E-state index is 0.0855. The maximum absolute atomic E-state index is 6.63. The first-order chi connectivity index (χ1) is 9.48. The summed E-state index contributed by atoms with van der Waals surface area (Å²) in [7, 11) is 0. The van der Waals surface area contributed by atoms with E-state index in [0.29, 0.717) is 10.0 Å². The lowest BCUT2D eigenvalue weighted by Gasteiger charge is -2.47. The normalized spacial score (nSPS) is 13.8. The number of likely N-dealkylation sites (N-methyl/N-ethyl adjacent to an activating group) is 1. The molecule has 0 amide bonds. The van der Waals surface area contributed by atoms with Crippen molar-refractivity contribution in [1.82, 2.24) is 4.90 Å². The molecule has 1 unspecified atom stereocenters. The fraction of sp³-hybridized carbons (Fsp3) is 0.625. The molecule has 0 radical (unpaired) electrons. The van der Waals surface area contributed by atoms with Gasteiger partial charge in [0.25, 0.3) is 0 Å². The lowest BCUT2D eigenvalue weighted by atomic mass is 9.79. The Morgan fingerprint density at radius 1 is 1.10 bits per heavy atom. The van der Waals surface area contributed by atoms with E-state index in [1.165, 1.54) is 0 Å². The van der Waals surface area contributed by atoms with Gasteiger partial charge in [0.1, 0.15) is 0 Å². The Bertz CT molecular complexity index is 426. The average Bonchev–Trinajstić information content (AvgIpc) is 2.47. The highest BCUT2D eigenvalue weighted by atomic mass is 35.5. The Morgan fingerprint density at radius 2 is 1.65 bits per heavy atom. The minimum atomic E-state index is -0.149. The van der Waals surface area contributed by atoms with Gasteiger partial charge in [-0.2, -0.15) is 0 Å². The Balaban J connectivity index is 3.30. The van der Waals surface area contributed by atoms with Crippen molar-refractivity contribution in [2.24, 2.45) is 5.73 Å². The van der Waals surface area contributed by atoms with Crippen molar-refractivity contribution in [3.63, 3.8) is 0 Å². The van der Waals surface area contributed by atoms with E-state index in [0.717, 1.165) is 31.5 Å². The summed E-state index contributed by atoms with van der Waals surface area (Å²) >= 11 is 12.5. The van der Waals surface area contributed by atoms with Gasteiger partial charge in [0, 0.05) is 11.6 Å². The van der Waals surface area contributed by atoms with Gasteiger partial charge in [-0.25, -0.2) is 0 Å². The van der Waals surface area contributed by atoms with Gasteiger partial charge < -0.3 is 5.73 Å². The zero-order valence-corrected chi connectivity index (χ0v) is 14.4. The third-order valence-corrected chi connectivity index (χ3v) is 5.35. The van der Waals surface area contributed by atoms with Gasteiger partial charge in [0.05, 0.1) is 10.0 Å². The lowest BCUT2D eigenvalue weighted by molar-refractivity contribution is 0.0625. The van der Waals surface area contributed by atoms with Crippen LogP contribution in [0.25, 0.3) is 0 Å². The summed E-state index contributed by atoms with van der Waals surface area (Å²) in [6.45, 7) is 10.7. The monoisotopic (exact) mass is 316 g/mol. The number of nitrogens with zero attached hydrogens (tertiary/aromatic N) is 1. The van der Waals surface area contributed by atoms with Crippen molar-refractivity contribution >= 4 is 23.2 Å². The van der Waals surface area contributed by atoms with Gasteiger partial charge in [-0.1, -0.05) is 63.0 Å². The van der Waals surface area contributed by atoms with Gasteiger partial charge in [-0.15, -0.1) is 0 Å². The third-order valence-electron chi connectivity index (χ3n) is 4.51. The predicted molar refractivity (Wildman–Crippen MR) is 89.6 cm³/mol. The van der Waals surface area contributed by atoms with Crippen LogP contribution < -0.4 is 5.73 Å². The van der Waals surface area contributed by atoms with Gasteiger partial charge in [0.15, 0.2) is 0 Å². The van der Waals surface area contributed by atoms with Crippen molar-refractivity contribution < 1.29 is 0 Å². The molecule has 1 aromatic carbocycles. The summed E-state index contributed by atoms with van der Waals surface area (Å²) in [4.78, 5) is 2.44. The topological polar surface area (TPSA) is 29.3 Å². The van der Waals surface area contributed by atoms with E-state index in [2.05, 4.69) is 32.6 Å². The molecular formula is C16H26Cl2N2. The Kier molecular flexibility index (Phi) is 6.80. The molecule has 0 aliphatic rings. The molecule has 2 N–H and O–H groups in total. The quantitative estimate of drug-likeness (QED) is 0.775. The second-order valence-corrected chi connectivity index (χ2v) is 5.89. The molecule has 1 atom stereocenters. The zero-order valence-electron chi connectivity index (χ0n) is 12.9. The highest BCUT2D eigenvalue weighted by Crippen LogP contribution is 2.40. The van der Waals surface area contributed by atoms with Crippen LogP contribution in [0.4, 0.5) is 0 Å². The molecule has 0 fully saturated rings. The molecular weight excluding hydrogens is 291 g/mol. The number of rotatable bonds is 7. The van der Waals surface area contributed by atoms with Crippen molar-refractivity contribution in [3.8, 4) is 0 Å². The molecule has 2 nitrogen and oxygen atoms in total. The molecule has 0 saturated carbocycles. The largest absolute Gasteiger partial charge is 0.322 e. The first-order valence-corrected chi connectivity index (χ1v) is 8.18. The van der Waals surface area contributed by atoms with E-state index in [1.54, 1.807) is 6.07 Å². The summed E-state index contributed by atoms with van der Waals surface area (Å²) in [6.07, 6.45) is 1.96. The number of hydrogen-bond acceptors (Lipinski definition) is 2. The van der Waals surface area contributed by atoms with Crippen LogP contribution in [0.15, 0.2) is 18.2 Å².